The normalized spacial score (nSPS) is 24.7. The zero-order valence-corrected chi connectivity index (χ0v) is 14.5. The van der Waals surface area contributed by atoms with Crippen LogP contribution in [0, 0.1) is 0 Å². The SMILES string of the molecule is CCCCN1C(=O)N(c2cccc(Cl)c2)[C@](C)(O)CC1(C)C. The Morgan fingerprint density at radius 1 is 1.32 bits per heavy atom. The summed E-state index contributed by atoms with van der Waals surface area (Å²) in [6.45, 7) is 8.49. The molecule has 0 aromatic heterocycles. The van der Waals surface area contributed by atoms with Gasteiger partial charge in [-0.2, -0.15) is 0 Å². The number of benzene rings is 1. The second-order valence-electron chi connectivity index (χ2n) is 6.81. The molecule has 1 aromatic carbocycles. The Hall–Kier alpha value is -1.26. The summed E-state index contributed by atoms with van der Waals surface area (Å²) in [6.07, 6.45) is 2.44. The van der Waals surface area contributed by atoms with Crippen LogP contribution in [0.25, 0.3) is 0 Å². The van der Waals surface area contributed by atoms with Crippen molar-refractivity contribution in [2.45, 2.75) is 58.2 Å². The maximum Gasteiger partial charge on any atom is 0.327 e. The van der Waals surface area contributed by atoms with Crippen LogP contribution in [0.4, 0.5) is 10.5 Å². The number of aliphatic hydroxyl groups is 1. The van der Waals surface area contributed by atoms with Gasteiger partial charge in [0.25, 0.3) is 0 Å². The average molecular weight is 325 g/mol. The first-order valence-corrected chi connectivity index (χ1v) is 8.16. The predicted octanol–water partition coefficient (Wildman–Crippen LogP) is 4.26. The summed E-state index contributed by atoms with van der Waals surface area (Å²) in [4.78, 5) is 16.3. The molecule has 4 nitrogen and oxygen atoms in total. The van der Waals surface area contributed by atoms with Gasteiger partial charge in [-0.1, -0.05) is 31.0 Å². The minimum atomic E-state index is -1.24. The number of nitrogens with zero attached hydrogens (tertiary/aromatic N) is 2. The van der Waals surface area contributed by atoms with Gasteiger partial charge in [0.05, 0.1) is 0 Å². The third-order valence-corrected chi connectivity index (χ3v) is 4.44. The highest BCUT2D eigenvalue weighted by Crippen LogP contribution is 2.39. The molecule has 122 valence electrons. The van der Waals surface area contributed by atoms with Gasteiger partial charge >= 0.3 is 6.03 Å². The number of urea groups is 1. The Morgan fingerprint density at radius 3 is 2.59 bits per heavy atom. The highest BCUT2D eigenvalue weighted by atomic mass is 35.5. The summed E-state index contributed by atoms with van der Waals surface area (Å²) in [6, 6.07) is 6.89. The molecule has 1 aliphatic heterocycles. The smallest absolute Gasteiger partial charge is 0.327 e. The Bertz CT molecular complexity index is 557. The van der Waals surface area contributed by atoms with E-state index in [1.165, 1.54) is 4.90 Å². The van der Waals surface area contributed by atoms with Crippen LogP contribution in [-0.2, 0) is 0 Å². The minimum absolute atomic E-state index is 0.169. The van der Waals surface area contributed by atoms with Crippen molar-refractivity contribution in [1.82, 2.24) is 4.90 Å². The average Bonchev–Trinajstić information content (AvgIpc) is 2.36. The first-order chi connectivity index (χ1) is 10.2. The van der Waals surface area contributed by atoms with E-state index in [1.54, 1.807) is 31.2 Å². The zero-order valence-electron chi connectivity index (χ0n) is 13.8. The van der Waals surface area contributed by atoms with Gasteiger partial charge in [0.1, 0.15) is 5.72 Å². The van der Waals surface area contributed by atoms with E-state index in [1.807, 2.05) is 18.7 Å². The maximum atomic E-state index is 13.0. The number of anilines is 1. The maximum absolute atomic E-state index is 13.0. The quantitative estimate of drug-likeness (QED) is 0.899. The summed E-state index contributed by atoms with van der Waals surface area (Å²) >= 11 is 6.05. The van der Waals surface area contributed by atoms with Gasteiger partial charge in [0.2, 0.25) is 0 Å². The van der Waals surface area contributed by atoms with E-state index in [9.17, 15) is 9.90 Å². The number of carbonyl (C=O) groups is 1. The summed E-state index contributed by atoms with van der Waals surface area (Å²) in [5, 5.41) is 11.4. The molecule has 1 aliphatic rings. The molecule has 2 amide bonds. The Kier molecular flexibility index (Phi) is 4.73. The van der Waals surface area contributed by atoms with E-state index in [0.717, 1.165) is 12.8 Å². The van der Waals surface area contributed by atoms with E-state index >= 15 is 0 Å². The van der Waals surface area contributed by atoms with Crippen LogP contribution < -0.4 is 4.90 Å². The highest BCUT2D eigenvalue weighted by Gasteiger charge is 2.50. The van der Waals surface area contributed by atoms with Crippen LogP contribution in [0.5, 0.6) is 0 Å². The number of unbranched alkanes of at least 4 members (excludes halogenated alkanes) is 1. The predicted molar refractivity (Wildman–Crippen MR) is 90.3 cm³/mol. The van der Waals surface area contributed by atoms with Crippen molar-refractivity contribution in [3.05, 3.63) is 29.3 Å². The molecule has 2 rings (SSSR count). The Balaban J connectivity index is 2.41. The lowest BCUT2D eigenvalue weighted by molar-refractivity contribution is -0.0255. The van der Waals surface area contributed by atoms with Gasteiger partial charge in [-0.3, -0.25) is 4.90 Å². The Labute approximate surface area is 137 Å². The molecule has 0 bridgehead atoms. The molecule has 1 heterocycles. The van der Waals surface area contributed by atoms with Crippen molar-refractivity contribution in [3.8, 4) is 0 Å². The summed E-state index contributed by atoms with van der Waals surface area (Å²) < 4.78 is 0. The van der Waals surface area contributed by atoms with E-state index < -0.39 is 5.72 Å². The number of hydrogen-bond acceptors (Lipinski definition) is 2. The molecule has 1 N–H and O–H groups in total. The fraction of sp³-hybridized carbons (Fsp3) is 0.588. The molecule has 0 radical (unpaired) electrons. The number of hydrogen-bond donors (Lipinski definition) is 1. The molecule has 22 heavy (non-hydrogen) atoms. The number of halogens is 1. The number of rotatable bonds is 4. The molecule has 0 spiro atoms. The second-order valence-corrected chi connectivity index (χ2v) is 7.25. The fourth-order valence-electron chi connectivity index (χ4n) is 3.30. The first kappa shape index (κ1) is 17.1. The van der Waals surface area contributed by atoms with Gasteiger partial charge in [-0.15, -0.1) is 0 Å². The van der Waals surface area contributed by atoms with E-state index in [0.29, 0.717) is 23.7 Å². The zero-order chi connectivity index (χ0) is 16.5. The number of carbonyl (C=O) groups excluding carboxylic acids is 1. The third-order valence-electron chi connectivity index (χ3n) is 4.20. The minimum Gasteiger partial charge on any atom is -0.371 e. The standard InChI is InChI=1S/C17H25ClN2O2/c1-5-6-10-19-15(21)20(14-9-7-8-13(18)11-14)17(4,22)12-16(19,2)3/h7-9,11,22H,5-6,10,12H2,1-4H3/t17-/m1/s1. The van der Waals surface area contributed by atoms with Crippen LogP contribution in [0.1, 0.15) is 47.0 Å². The van der Waals surface area contributed by atoms with Crippen LogP contribution in [0.2, 0.25) is 5.02 Å². The van der Waals surface area contributed by atoms with Crippen molar-refractivity contribution >= 4 is 23.3 Å². The van der Waals surface area contributed by atoms with Gasteiger partial charge in [0, 0.05) is 29.2 Å². The molecule has 0 saturated carbocycles. The van der Waals surface area contributed by atoms with E-state index in [-0.39, 0.29) is 11.6 Å². The van der Waals surface area contributed by atoms with Crippen LogP contribution in [0.15, 0.2) is 24.3 Å². The van der Waals surface area contributed by atoms with E-state index in [4.69, 9.17) is 11.6 Å². The van der Waals surface area contributed by atoms with E-state index in [2.05, 4.69) is 6.92 Å². The third kappa shape index (κ3) is 3.23. The molecule has 1 fully saturated rings. The molecule has 5 heteroatoms. The van der Waals surface area contributed by atoms with Crippen LogP contribution in [0.3, 0.4) is 0 Å². The van der Waals surface area contributed by atoms with Crippen molar-refractivity contribution in [2.75, 3.05) is 11.4 Å². The molecule has 0 unspecified atom stereocenters. The van der Waals surface area contributed by atoms with Crippen molar-refractivity contribution in [2.24, 2.45) is 0 Å². The Morgan fingerprint density at radius 2 is 2.00 bits per heavy atom. The second kappa shape index (κ2) is 6.09. The van der Waals surface area contributed by atoms with Gasteiger partial charge in [-0.25, -0.2) is 4.79 Å². The lowest BCUT2D eigenvalue weighted by atomic mass is 9.87. The molecular formula is C17H25ClN2O2. The first-order valence-electron chi connectivity index (χ1n) is 7.79. The van der Waals surface area contributed by atoms with Crippen molar-refractivity contribution in [3.63, 3.8) is 0 Å². The monoisotopic (exact) mass is 324 g/mol. The topological polar surface area (TPSA) is 43.8 Å². The largest absolute Gasteiger partial charge is 0.371 e. The fourth-order valence-corrected chi connectivity index (χ4v) is 3.48. The number of amides is 2. The van der Waals surface area contributed by atoms with Gasteiger partial charge in [-0.05, 0) is 45.4 Å². The van der Waals surface area contributed by atoms with Crippen LogP contribution in [-0.4, -0.2) is 33.8 Å². The lowest BCUT2D eigenvalue weighted by Crippen LogP contribution is -2.68. The molecule has 1 atom stereocenters. The molecule has 0 aliphatic carbocycles. The van der Waals surface area contributed by atoms with Crippen molar-refractivity contribution < 1.29 is 9.90 Å². The summed E-state index contributed by atoms with van der Waals surface area (Å²) in [5.41, 5.74) is -1.00. The molecule has 1 saturated heterocycles. The molecule has 1 aromatic rings. The van der Waals surface area contributed by atoms with Crippen molar-refractivity contribution in [1.29, 1.82) is 0 Å². The summed E-state index contributed by atoms with van der Waals surface area (Å²) in [7, 11) is 0. The van der Waals surface area contributed by atoms with Gasteiger partial charge in [0.15, 0.2) is 0 Å². The highest BCUT2D eigenvalue weighted by molar-refractivity contribution is 6.30. The van der Waals surface area contributed by atoms with Gasteiger partial charge < -0.3 is 10.0 Å². The summed E-state index contributed by atoms with van der Waals surface area (Å²) in [5.74, 6) is 0. The lowest BCUT2D eigenvalue weighted by Gasteiger charge is -2.53. The van der Waals surface area contributed by atoms with Crippen LogP contribution >= 0.6 is 11.6 Å². The molecular weight excluding hydrogens is 300 g/mol.